The first-order valence-corrected chi connectivity index (χ1v) is 11.6. The van der Waals surface area contributed by atoms with Gasteiger partial charge in [0.05, 0.1) is 24.4 Å². The first-order chi connectivity index (χ1) is 15.5. The van der Waals surface area contributed by atoms with E-state index in [9.17, 15) is 12.8 Å². The minimum atomic E-state index is -3.66. The van der Waals surface area contributed by atoms with Gasteiger partial charge in [-0.1, -0.05) is 18.2 Å². The molecule has 2 aliphatic heterocycles. The number of hydrogen-bond acceptors (Lipinski definition) is 6. The molecule has 162 valence electrons. The van der Waals surface area contributed by atoms with E-state index in [1.54, 1.807) is 42.6 Å². The summed E-state index contributed by atoms with van der Waals surface area (Å²) in [6.45, 7) is 1.01. The van der Waals surface area contributed by atoms with E-state index in [-0.39, 0.29) is 19.0 Å². The molecule has 2 aliphatic rings. The van der Waals surface area contributed by atoms with Gasteiger partial charge in [0.15, 0.2) is 5.75 Å². The molecule has 2 aromatic carbocycles. The fourth-order valence-electron chi connectivity index (χ4n) is 4.00. The van der Waals surface area contributed by atoms with E-state index in [1.807, 2.05) is 4.90 Å². The Morgan fingerprint density at radius 1 is 1.12 bits per heavy atom. The molecule has 9 heteroatoms. The Morgan fingerprint density at radius 2 is 1.91 bits per heavy atom. The summed E-state index contributed by atoms with van der Waals surface area (Å²) in [4.78, 5) is 6.10. The summed E-state index contributed by atoms with van der Waals surface area (Å²) in [6.07, 6.45) is 3.13. The fraction of sp³-hybridized carbons (Fsp3) is 0.217. The molecule has 0 spiro atoms. The summed E-state index contributed by atoms with van der Waals surface area (Å²) in [7, 11) is -3.66. The Hall–Kier alpha value is -3.64. The number of fused-ring (bicyclic) bond motifs is 1. The Labute approximate surface area is 185 Å². The molecule has 0 radical (unpaired) electrons. The molecule has 1 saturated heterocycles. The van der Waals surface area contributed by atoms with Gasteiger partial charge in [-0.25, -0.2) is 12.8 Å². The third-order valence-electron chi connectivity index (χ3n) is 5.76. The van der Waals surface area contributed by atoms with Crippen LogP contribution in [0, 0.1) is 17.1 Å². The van der Waals surface area contributed by atoms with Crippen LogP contribution in [0.3, 0.4) is 0 Å². The normalized spacial score (nSPS) is 16.0. The maximum absolute atomic E-state index is 13.5. The summed E-state index contributed by atoms with van der Waals surface area (Å²) in [5.41, 5.74) is 3.06. The van der Waals surface area contributed by atoms with Gasteiger partial charge in [-0.05, 0) is 35.9 Å². The van der Waals surface area contributed by atoms with Crippen LogP contribution in [0.2, 0.25) is 0 Å². The first kappa shape index (κ1) is 20.3. The molecule has 3 aromatic rings. The molecule has 0 aliphatic carbocycles. The number of hydrogen-bond donors (Lipinski definition) is 0. The lowest BCUT2D eigenvalue weighted by Crippen LogP contribution is -2.59. The average Bonchev–Trinajstić information content (AvgIpc) is 2.77. The van der Waals surface area contributed by atoms with Crippen molar-refractivity contribution in [3.8, 4) is 22.9 Å². The van der Waals surface area contributed by atoms with Gasteiger partial charge < -0.3 is 9.64 Å². The second-order valence-electron chi connectivity index (χ2n) is 7.70. The van der Waals surface area contributed by atoms with Crippen LogP contribution in [-0.4, -0.2) is 44.9 Å². The van der Waals surface area contributed by atoms with Crippen LogP contribution >= 0.6 is 0 Å². The van der Waals surface area contributed by atoms with Gasteiger partial charge in [0.1, 0.15) is 23.4 Å². The largest absolute Gasteiger partial charge is 0.489 e. The molecule has 1 fully saturated rings. The first-order valence-electron chi connectivity index (χ1n) is 10.1. The van der Waals surface area contributed by atoms with E-state index >= 15 is 0 Å². The third-order valence-corrected chi connectivity index (χ3v) is 7.90. The topological polar surface area (TPSA) is 86.5 Å². The number of rotatable bonds is 4. The molecule has 1 aromatic heterocycles. The number of nitrogens with zero attached hydrogens (tertiary/aromatic N) is 4. The monoisotopic (exact) mass is 450 g/mol. The molecular formula is C23H19FN4O3S. The van der Waals surface area contributed by atoms with Gasteiger partial charge in [0.2, 0.25) is 10.0 Å². The second kappa shape index (κ2) is 7.80. The molecule has 5 rings (SSSR count). The van der Waals surface area contributed by atoms with E-state index in [2.05, 4.69) is 11.1 Å². The standard InChI is InChI=1S/C23H19FN4O3S/c24-18-2-1-3-19(10-18)27-14-20(15-27)32(29,30)28-8-9-31-23-21(12-26-13-22(23)28)17-6-4-16(11-25)5-7-17/h1-7,10,12-13,20H,8-9,14-15H2. The van der Waals surface area contributed by atoms with Crippen molar-refractivity contribution in [1.82, 2.24) is 4.98 Å². The zero-order chi connectivity index (χ0) is 22.3. The van der Waals surface area contributed by atoms with Crippen LogP contribution in [0.25, 0.3) is 11.1 Å². The van der Waals surface area contributed by atoms with Gasteiger partial charge in [-0.2, -0.15) is 5.26 Å². The van der Waals surface area contributed by atoms with Crippen molar-refractivity contribution >= 4 is 21.4 Å². The van der Waals surface area contributed by atoms with Crippen LogP contribution in [0.1, 0.15) is 5.56 Å². The third kappa shape index (κ3) is 3.42. The molecule has 3 heterocycles. The summed E-state index contributed by atoms with van der Waals surface area (Å²) in [5.74, 6) is 0.109. The fourth-order valence-corrected chi connectivity index (χ4v) is 5.83. The minimum Gasteiger partial charge on any atom is -0.489 e. The average molecular weight is 450 g/mol. The quantitative estimate of drug-likeness (QED) is 0.607. The van der Waals surface area contributed by atoms with Crippen molar-refractivity contribution in [2.75, 3.05) is 35.4 Å². The highest BCUT2D eigenvalue weighted by molar-refractivity contribution is 7.93. The zero-order valence-corrected chi connectivity index (χ0v) is 17.8. The smallest absolute Gasteiger partial charge is 0.241 e. The van der Waals surface area contributed by atoms with E-state index in [0.717, 1.165) is 5.56 Å². The number of nitriles is 1. The number of benzene rings is 2. The van der Waals surface area contributed by atoms with Crippen LogP contribution in [-0.2, 0) is 10.0 Å². The number of sulfonamides is 1. The Kier molecular flexibility index (Phi) is 4.94. The van der Waals surface area contributed by atoms with Crippen molar-refractivity contribution in [3.63, 3.8) is 0 Å². The van der Waals surface area contributed by atoms with Gasteiger partial charge in [-0.15, -0.1) is 0 Å². The number of ether oxygens (including phenoxy) is 1. The van der Waals surface area contributed by atoms with E-state index in [4.69, 9.17) is 10.00 Å². The molecule has 0 amide bonds. The van der Waals surface area contributed by atoms with Crippen LogP contribution in [0.5, 0.6) is 5.75 Å². The lowest BCUT2D eigenvalue weighted by atomic mass is 10.0. The maximum atomic E-state index is 13.5. The summed E-state index contributed by atoms with van der Waals surface area (Å²) < 4.78 is 47.6. The van der Waals surface area contributed by atoms with Crippen LogP contribution < -0.4 is 13.9 Å². The molecule has 0 N–H and O–H groups in total. The highest BCUT2D eigenvalue weighted by Crippen LogP contribution is 2.42. The van der Waals surface area contributed by atoms with E-state index in [0.29, 0.717) is 41.3 Å². The van der Waals surface area contributed by atoms with Crippen molar-refractivity contribution in [3.05, 3.63) is 72.3 Å². The maximum Gasteiger partial charge on any atom is 0.241 e. The van der Waals surface area contributed by atoms with Crippen LogP contribution in [0.15, 0.2) is 60.9 Å². The lowest BCUT2D eigenvalue weighted by Gasteiger charge is -2.43. The Bertz CT molecular complexity index is 1320. The molecule has 32 heavy (non-hydrogen) atoms. The van der Waals surface area contributed by atoms with E-state index < -0.39 is 15.3 Å². The Balaban J connectivity index is 1.42. The molecule has 0 bridgehead atoms. The second-order valence-corrected chi connectivity index (χ2v) is 9.83. The molecular weight excluding hydrogens is 431 g/mol. The minimum absolute atomic E-state index is 0.199. The predicted octanol–water partition coefficient (Wildman–Crippen LogP) is 3.18. The highest BCUT2D eigenvalue weighted by atomic mass is 32.2. The van der Waals surface area contributed by atoms with Crippen molar-refractivity contribution in [2.45, 2.75) is 5.25 Å². The molecule has 7 nitrogen and oxygen atoms in total. The predicted molar refractivity (Wildman–Crippen MR) is 119 cm³/mol. The molecule has 0 atom stereocenters. The molecule has 0 saturated carbocycles. The van der Waals surface area contributed by atoms with Gasteiger partial charge >= 0.3 is 0 Å². The van der Waals surface area contributed by atoms with Crippen molar-refractivity contribution in [1.29, 1.82) is 5.26 Å². The van der Waals surface area contributed by atoms with Gasteiger partial charge in [-0.3, -0.25) is 9.29 Å². The van der Waals surface area contributed by atoms with Gasteiger partial charge in [0.25, 0.3) is 0 Å². The van der Waals surface area contributed by atoms with E-state index in [1.165, 1.54) is 22.6 Å². The number of halogens is 1. The van der Waals surface area contributed by atoms with Crippen molar-refractivity contribution in [2.24, 2.45) is 0 Å². The number of anilines is 2. The Morgan fingerprint density at radius 3 is 2.62 bits per heavy atom. The summed E-state index contributed by atoms with van der Waals surface area (Å²) in [6, 6.07) is 15.2. The SMILES string of the molecule is N#Cc1ccc(-c2cncc3c2OCCN3S(=O)(=O)C2CN(c3cccc(F)c3)C2)cc1. The lowest BCUT2D eigenvalue weighted by molar-refractivity contribution is 0.316. The number of aromatic nitrogens is 1. The summed E-state index contributed by atoms with van der Waals surface area (Å²) >= 11 is 0. The van der Waals surface area contributed by atoms with Crippen molar-refractivity contribution < 1.29 is 17.5 Å². The highest BCUT2D eigenvalue weighted by Gasteiger charge is 2.43. The zero-order valence-electron chi connectivity index (χ0n) is 17.0. The van der Waals surface area contributed by atoms with Crippen LogP contribution in [0.4, 0.5) is 15.8 Å². The number of pyridine rings is 1. The summed E-state index contributed by atoms with van der Waals surface area (Å²) in [5, 5.41) is 8.42. The van der Waals surface area contributed by atoms with Gasteiger partial charge in [0, 0.05) is 30.5 Å². The molecule has 0 unspecified atom stereocenters.